The van der Waals surface area contributed by atoms with E-state index in [9.17, 15) is 9.59 Å². The Balaban J connectivity index is 1.50. The first-order valence-corrected chi connectivity index (χ1v) is 8.64. The fraction of sp³-hybridized carbons (Fsp3) is 0.421. The van der Waals surface area contributed by atoms with Crippen molar-refractivity contribution in [2.45, 2.75) is 25.0 Å². The molecule has 2 aromatic rings. The van der Waals surface area contributed by atoms with E-state index in [1.165, 1.54) is 22.4 Å². The van der Waals surface area contributed by atoms with Crippen LogP contribution in [0.3, 0.4) is 0 Å². The molecule has 1 aliphatic carbocycles. The second kappa shape index (κ2) is 6.44. The zero-order valence-corrected chi connectivity index (χ0v) is 14.1. The third kappa shape index (κ3) is 2.98. The molecule has 1 amide bonds. The Morgan fingerprint density at radius 2 is 2.08 bits per heavy atom. The summed E-state index contributed by atoms with van der Waals surface area (Å²) in [6.45, 7) is 0.755. The molecule has 1 aliphatic heterocycles. The number of rotatable bonds is 4. The van der Waals surface area contributed by atoms with Crippen LogP contribution in [-0.4, -0.2) is 34.4 Å². The number of carbonyl (C=O) groups is 1. The summed E-state index contributed by atoms with van der Waals surface area (Å²) in [5.41, 5.74) is 1.29. The van der Waals surface area contributed by atoms with Gasteiger partial charge in [0.2, 0.25) is 0 Å². The lowest BCUT2D eigenvalue weighted by atomic mass is 9.64. The Kier molecular flexibility index (Phi) is 4.13. The summed E-state index contributed by atoms with van der Waals surface area (Å²) in [6, 6.07) is 13.2. The van der Waals surface area contributed by atoms with E-state index in [-0.39, 0.29) is 35.2 Å². The maximum atomic E-state index is 12.6. The summed E-state index contributed by atoms with van der Waals surface area (Å²) >= 11 is 0. The van der Waals surface area contributed by atoms with Gasteiger partial charge in [-0.05, 0) is 24.5 Å². The third-order valence-corrected chi connectivity index (χ3v) is 5.33. The number of nitrogens with one attached hydrogen (secondary N) is 1. The number of aromatic nitrogens is 2. The van der Waals surface area contributed by atoms with E-state index in [2.05, 4.69) is 22.5 Å². The van der Waals surface area contributed by atoms with Crippen molar-refractivity contribution in [3.63, 3.8) is 0 Å². The van der Waals surface area contributed by atoms with Crippen molar-refractivity contribution in [1.29, 1.82) is 0 Å². The van der Waals surface area contributed by atoms with Gasteiger partial charge in [0.1, 0.15) is 5.69 Å². The number of nitrogens with zero attached hydrogens (tertiary/aromatic N) is 2. The highest BCUT2D eigenvalue weighted by molar-refractivity contribution is 5.92. The van der Waals surface area contributed by atoms with Crippen LogP contribution in [0.25, 0.3) is 0 Å². The number of fused-ring (bicyclic) bond motifs is 1. The Morgan fingerprint density at radius 3 is 2.84 bits per heavy atom. The molecular weight excluding hydrogens is 318 g/mol. The van der Waals surface area contributed by atoms with Crippen molar-refractivity contribution >= 4 is 5.91 Å². The first-order chi connectivity index (χ1) is 12.1. The summed E-state index contributed by atoms with van der Waals surface area (Å²) in [7, 11) is 1.54. The summed E-state index contributed by atoms with van der Waals surface area (Å²) in [5, 5.41) is 7.16. The van der Waals surface area contributed by atoms with Gasteiger partial charge in [0.05, 0.1) is 6.10 Å². The number of carbonyl (C=O) groups excluding carboxylic acids is 1. The minimum Gasteiger partial charge on any atom is -0.377 e. The molecule has 4 rings (SSSR count). The van der Waals surface area contributed by atoms with Crippen molar-refractivity contribution in [3.05, 3.63) is 64.1 Å². The monoisotopic (exact) mass is 339 g/mol. The predicted octanol–water partition coefficient (Wildman–Crippen LogP) is 1.16. The molecule has 130 valence electrons. The van der Waals surface area contributed by atoms with Crippen molar-refractivity contribution in [2.24, 2.45) is 18.9 Å². The lowest BCUT2D eigenvalue weighted by Gasteiger charge is -2.48. The molecule has 1 saturated heterocycles. The minimum atomic E-state index is -0.232. The van der Waals surface area contributed by atoms with Crippen LogP contribution in [-0.2, 0) is 18.2 Å². The minimum absolute atomic E-state index is 0.0826. The lowest BCUT2D eigenvalue weighted by Crippen LogP contribution is -2.62. The number of amides is 1. The van der Waals surface area contributed by atoms with E-state index in [0.29, 0.717) is 5.92 Å². The smallest absolute Gasteiger partial charge is 0.271 e. The average molecular weight is 339 g/mol. The van der Waals surface area contributed by atoms with Gasteiger partial charge in [-0.15, -0.1) is 0 Å². The van der Waals surface area contributed by atoms with Crippen LogP contribution in [0, 0.1) is 11.8 Å². The first-order valence-electron chi connectivity index (χ1n) is 8.64. The van der Waals surface area contributed by atoms with Crippen LogP contribution in [0.4, 0.5) is 0 Å². The average Bonchev–Trinajstić information content (AvgIpc) is 3.05. The van der Waals surface area contributed by atoms with Crippen LogP contribution in [0.1, 0.15) is 22.5 Å². The van der Waals surface area contributed by atoms with Crippen LogP contribution < -0.4 is 10.9 Å². The summed E-state index contributed by atoms with van der Waals surface area (Å²) in [6.07, 6.45) is 2.08. The van der Waals surface area contributed by atoms with Gasteiger partial charge in [-0.2, -0.15) is 5.10 Å². The van der Waals surface area contributed by atoms with Gasteiger partial charge >= 0.3 is 0 Å². The number of hydrogen-bond donors (Lipinski definition) is 1. The fourth-order valence-electron chi connectivity index (χ4n) is 4.02. The number of aryl methyl sites for hydroxylation is 1. The van der Waals surface area contributed by atoms with Gasteiger partial charge in [0.25, 0.3) is 11.5 Å². The van der Waals surface area contributed by atoms with Gasteiger partial charge in [-0.3, -0.25) is 9.59 Å². The standard InChI is InChI=1S/C19H21N3O3/c1-22-16(23)8-7-15(21-22)19(24)20-17-13-9-10-25-18(13)14(17)11-12-5-3-2-4-6-12/h2-8,13-14,17-18H,9-11H2,1H3,(H,20,24)/t13-,14+,17-,18-/m0/s1. The van der Waals surface area contributed by atoms with Crippen molar-refractivity contribution in [3.8, 4) is 0 Å². The van der Waals surface area contributed by atoms with E-state index < -0.39 is 0 Å². The Bertz CT molecular complexity index is 833. The van der Waals surface area contributed by atoms with Gasteiger partial charge < -0.3 is 10.1 Å². The summed E-state index contributed by atoms with van der Waals surface area (Å²) < 4.78 is 7.06. The molecule has 2 fully saturated rings. The second-order valence-electron chi connectivity index (χ2n) is 6.82. The van der Waals surface area contributed by atoms with E-state index >= 15 is 0 Å². The highest BCUT2D eigenvalue weighted by Crippen LogP contribution is 2.45. The highest BCUT2D eigenvalue weighted by atomic mass is 16.5. The molecule has 1 N–H and O–H groups in total. The Morgan fingerprint density at radius 1 is 1.28 bits per heavy atom. The van der Waals surface area contributed by atoms with Crippen LogP contribution >= 0.6 is 0 Å². The molecule has 6 heteroatoms. The topological polar surface area (TPSA) is 73.2 Å². The molecule has 0 radical (unpaired) electrons. The zero-order chi connectivity index (χ0) is 17.4. The van der Waals surface area contributed by atoms with Gasteiger partial charge in [0, 0.05) is 37.6 Å². The molecule has 1 aromatic heterocycles. The molecule has 4 atom stereocenters. The SMILES string of the molecule is Cn1nc(C(=O)N[C@@H]2[C@@H](Cc3ccccc3)[C@H]3OCC[C@@H]23)ccc1=O. The van der Waals surface area contributed by atoms with Crippen LogP contribution in [0.5, 0.6) is 0 Å². The third-order valence-electron chi connectivity index (χ3n) is 5.33. The Hall–Kier alpha value is -2.47. The molecule has 0 bridgehead atoms. The number of benzene rings is 1. The number of hydrogen-bond acceptors (Lipinski definition) is 4. The first kappa shape index (κ1) is 16.0. The second-order valence-corrected chi connectivity index (χ2v) is 6.82. The molecule has 0 unspecified atom stereocenters. The summed E-state index contributed by atoms with van der Waals surface area (Å²) in [5.74, 6) is 0.403. The predicted molar refractivity (Wildman–Crippen MR) is 92.2 cm³/mol. The van der Waals surface area contributed by atoms with Crippen LogP contribution in [0.15, 0.2) is 47.3 Å². The molecule has 0 spiro atoms. The van der Waals surface area contributed by atoms with Gasteiger partial charge in [-0.25, -0.2) is 4.68 Å². The molecule has 1 saturated carbocycles. The fourth-order valence-corrected chi connectivity index (χ4v) is 4.02. The highest BCUT2D eigenvalue weighted by Gasteiger charge is 2.54. The van der Waals surface area contributed by atoms with Gasteiger partial charge in [0.15, 0.2) is 0 Å². The van der Waals surface area contributed by atoms with Crippen molar-refractivity contribution in [1.82, 2.24) is 15.1 Å². The molecule has 6 nitrogen and oxygen atoms in total. The van der Waals surface area contributed by atoms with E-state index in [1.54, 1.807) is 7.05 Å². The summed E-state index contributed by atoms with van der Waals surface area (Å²) in [4.78, 5) is 24.0. The normalized spacial score (nSPS) is 27.4. The van der Waals surface area contributed by atoms with Crippen molar-refractivity contribution < 1.29 is 9.53 Å². The van der Waals surface area contributed by atoms with Gasteiger partial charge in [-0.1, -0.05) is 30.3 Å². The van der Waals surface area contributed by atoms with E-state index in [4.69, 9.17) is 4.74 Å². The van der Waals surface area contributed by atoms with E-state index in [0.717, 1.165) is 19.4 Å². The number of ether oxygens (including phenoxy) is 1. The van der Waals surface area contributed by atoms with Crippen LogP contribution in [0.2, 0.25) is 0 Å². The largest absolute Gasteiger partial charge is 0.377 e. The molecule has 1 aromatic carbocycles. The molecular formula is C19H21N3O3. The van der Waals surface area contributed by atoms with Crippen molar-refractivity contribution in [2.75, 3.05) is 6.61 Å². The zero-order valence-electron chi connectivity index (χ0n) is 14.1. The van der Waals surface area contributed by atoms with E-state index in [1.807, 2.05) is 18.2 Å². The molecule has 2 aliphatic rings. The lowest BCUT2D eigenvalue weighted by molar-refractivity contribution is -0.0528. The quantitative estimate of drug-likeness (QED) is 0.907. The maximum Gasteiger partial charge on any atom is 0.271 e. The maximum absolute atomic E-state index is 12.6. The Labute approximate surface area is 145 Å². The molecule has 2 heterocycles. The molecule has 25 heavy (non-hydrogen) atoms.